The van der Waals surface area contributed by atoms with Gasteiger partial charge in [0.15, 0.2) is 0 Å². The molecule has 3 rings (SSSR count). The predicted molar refractivity (Wildman–Crippen MR) is 108 cm³/mol. The molecule has 1 heterocycles. The summed E-state index contributed by atoms with van der Waals surface area (Å²) in [5, 5.41) is 5.20. The van der Waals surface area contributed by atoms with Crippen LogP contribution in [-0.4, -0.2) is 47.7 Å². The highest BCUT2D eigenvalue weighted by molar-refractivity contribution is 6.22. The van der Waals surface area contributed by atoms with Gasteiger partial charge in [-0.05, 0) is 44.0 Å². The Balaban J connectivity index is 1.67. The topological polar surface area (TPSA) is 95.6 Å². The molecule has 0 aliphatic carbocycles. The monoisotopic (exact) mass is 393 g/mol. The highest BCUT2D eigenvalue weighted by Crippen LogP contribution is 2.24. The van der Waals surface area contributed by atoms with Crippen molar-refractivity contribution in [3.63, 3.8) is 0 Å². The van der Waals surface area contributed by atoms with Gasteiger partial charge in [-0.3, -0.25) is 24.1 Å². The van der Waals surface area contributed by atoms with E-state index in [9.17, 15) is 19.2 Å². The quantitative estimate of drug-likeness (QED) is 0.701. The van der Waals surface area contributed by atoms with E-state index in [-0.39, 0.29) is 47.6 Å². The van der Waals surface area contributed by atoms with Crippen molar-refractivity contribution < 1.29 is 19.2 Å². The van der Waals surface area contributed by atoms with E-state index in [2.05, 4.69) is 10.6 Å². The molecule has 2 aromatic rings. The first-order chi connectivity index (χ1) is 13.9. The van der Waals surface area contributed by atoms with Crippen LogP contribution < -0.4 is 10.6 Å². The lowest BCUT2D eigenvalue weighted by Crippen LogP contribution is -2.39. The zero-order valence-electron chi connectivity index (χ0n) is 16.4. The zero-order valence-corrected chi connectivity index (χ0v) is 16.4. The third-order valence-electron chi connectivity index (χ3n) is 4.56. The second-order valence-electron chi connectivity index (χ2n) is 7.16. The van der Waals surface area contributed by atoms with Crippen LogP contribution in [0.4, 0.5) is 0 Å². The molecule has 0 fully saturated rings. The van der Waals surface area contributed by atoms with E-state index in [4.69, 9.17) is 0 Å². The van der Waals surface area contributed by atoms with Crippen LogP contribution in [0, 0.1) is 0 Å². The third kappa shape index (κ3) is 4.68. The normalized spacial score (nSPS) is 12.9. The van der Waals surface area contributed by atoms with E-state index in [1.54, 1.807) is 0 Å². The first-order valence-electron chi connectivity index (χ1n) is 9.48. The van der Waals surface area contributed by atoms with E-state index in [0.717, 1.165) is 5.56 Å². The molecule has 7 heteroatoms. The maximum atomic E-state index is 12.7. The average Bonchev–Trinajstić information content (AvgIpc) is 2.94. The van der Waals surface area contributed by atoms with E-state index in [0.29, 0.717) is 6.42 Å². The third-order valence-corrected chi connectivity index (χ3v) is 4.56. The van der Waals surface area contributed by atoms with Gasteiger partial charge in [-0.1, -0.05) is 30.3 Å². The number of nitrogens with one attached hydrogen (secondary N) is 2. The molecule has 2 N–H and O–H groups in total. The standard InChI is InChI=1S/C22H23N3O4/c1-14(2)24-19(26)13-23-20(27)16-8-9-17-18(12-16)22(29)25(21(17)28)11-10-15-6-4-3-5-7-15/h3-9,12,14H,10-11,13H2,1-2H3,(H,23,27)(H,24,26). The van der Waals surface area contributed by atoms with Gasteiger partial charge in [-0.2, -0.15) is 0 Å². The van der Waals surface area contributed by atoms with E-state index in [1.807, 2.05) is 44.2 Å². The van der Waals surface area contributed by atoms with E-state index >= 15 is 0 Å². The van der Waals surface area contributed by atoms with Crippen LogP contribution in [0.5, 0.6) is 0 Å². The first-order valence-corrected chi connectivity index (χ1v) is 9.48. The molecular formula is C22H23N3O4. The summed E-state index contributed by atoms with van der Waals surface area (Å²) in [5.41, 5.74) is 1.76. The van der Waals surface area contributed by atoms with Crippen LogP contribution in [0.15, 0.2) is 48.5 Å². The SMILES string of the molecule is CC(C)NC(=O)CNC(=O)c1ccc2c(c1)C(=O)N(CCc1ccccc1)C2=O. The van der Waals surface area contributed by atoms with Crippen molar-refractivity contribution in [3.05, 3.63) is 70.8 Å². The summed E-state index contributed by atoms with van der Waals surface area (Å²) in [4.78, 5) is 50.5. The van der Waals surface area contributed by atoms with Gasteiger partial charge in [0, 0.05) is 18.2 Å². The Morgan fingerprint density at radius 3 is 2.34 bits per heavy atom. The molecule has 0 saturated carbocycles. The van der Waals surface area contributed by atoms with Crippen LogP contribution in [0.3, 0.4) is 0 Å². The van der Waals surface area contributed by atoms with Gasteiger partial charge in [0.05, 0.1) is 17.7 Å². The molecule has 0 atom stereocenters. The molecule has 0 spiro atoms. The van der Waals surface area contributed by atoms with Crippen LogP contribution in [0.25, 0.3) is 0 Å². The zero-order chi connectivity index (χ0) is 21.0. The number of hydrogen-bond acceptors (Lipinski definition) is 4. The second-order valence-corrected chi connectivity index (χ2v) is 7.16. The molecule has 29 heavy (non-hydrogen) atoms. The summed E-state index contributed by atoms with van der Waals surface area (Å²) in [6.07, 6.45) is 0.560. The summed E-state index contributed by atoms with van der Waals surface area (Å²) in [6, 6.07) is 14.0. The van der Waals surface area contributed by atoms with Crippen LogP contribution in [-0.2, 0) is 11.2 Å². The minimum absolute atomic E-state index is 0.0232. The molecular weight excluding hydrogens is 370 g/mol. The van der Waals surface area contributed by atoms with Crippen LogP contribution in [0.2, 0.25) is 0 Å². The number of nitrogens with zero attached hydrogens (tertiary/aromatic N) is 1. The number of carbonyl (C=O) groups is 4. The Kier molecular flexibility index (Phi) is 6.07. The number of hydrogen-bond donors (Lipinski definition) is 2. The molecule has 150 valence electrons. The van der Waals surface area contributed by atoms with Crippen molar-refractivity contribution in [1.82, 2.24) is 15.5 Å². The van der Waals surface area contributed by atoms with E-state index < -0.39 is 11.8 Å². The van der Waals surface area contributed by atoms with Crippen molar-refractivity contribution in [1.29, 1.82) is 0 Å². The molecule has 7 nitrogen and oxygen atoms in total. The number of rotatable bonds is 7. The van der Waals surface area contributed by atoms with Gasteiger partial charge in [-0.25, -0.2) is 0 Å². The van der Waals surface area contributed by atoms with E-state index in [1.165, 1.54) is 23.1 Å². The van der Waals surface area contributed by atoms with Gasteiger partial charge in [0.25, 0.3) is 17.7 Å². The Morgan fingerprint density at radius 1 is 0.966 bits per heavy atom. The lowest BCUT2D eigenvalue weighted by atomic mass is 10.1. The minimum Gasteiger partial charge on any atom is -0.352 e. The Morgan fingerprint density at radius 2 is 1.66 bits per heavy atom. The van der Waals surface area contributed by atoms with Gasteiger partial charge in [-0.15, -0.1) is 0 Å². The van der Waals surface area contributed by atoms with Gasteiger partial charge >= 0.3 is 0 Å². The van der Waals surface area contributed by atoms with Crippen molar-refractivity contribution in [3.8, 4) is 0 Å². The molecule has 0 radical (unpaired) electrons. The minimum atomic E-state index is -0.477. The van der Waals surface area contributed by atoms with Crippen molar-refractivity contribution >= 4 is 23.6 Å². The molecule has 0 aromatic heterocycles. The second kappa shape index (κ2) is 8.68. The molecule has 0 saturated heterocycles. The first kappa shape index (κ1) is 20.3. The fourth-order valence-electron chi connectivity index (χ4n) is 3.16. The fourth-order valence-corrected chi connectivity index (χ4v) is 3.16. The lowest BCUT2D eigenvalue weighted by Gasteiger charge is -2.13. The lowest BCUT2D eigenvalue weighted by molar-refractivity contribution is -0.120. The van der Waals surface area contributed by atoms with Gasteiger partial charge in [0.2, 0.25) is 5.91 Å². The Hall–Kier alpha value is -3.48. The summed E-state index contributed by atoms with van der Waals surface area (Å²) in [7, 11) is 0. The number of carbonyl (C=O) groups excluding carboxylic acids is 4. The molecule has 4 amide bonds. The smallest absolute Gasteiger partial charge is 0.261 e. The highest BCUT2D eigenvalue weighted by Gasteiger charge is 2.35. The van der Waals surface area contributed by atoms with Crippen molar-refractivity contribution in [2.45, 2.75) is 26.3 Å². The molecule has 0 unspecified atom stereocenters. The number of imide groups is 1. The molecule has 2 aromatic carbocycles. The Labute approximate surface area is 169 Å². The molecule has 1 aliphatic heterocycles. The van der Waals surface area contributed by atoms with Crippen LogP contribution >= 0.6 is 0 Å². The average molecular weight is 393 g/mol. The fraction of sp³-hybridized carbons (Fsp3) is 0.273. The van der Waals surface area contributed by atoms with Crippen molar-refractivity contribution in [2.24, 2.45) is 0 Å². The largest absolute Gasteiger partial charge is 0.352 e. The maximum Gasteiger partial charge on any atom is 0.261 e. The summed E-state index contributed by atoms with van der Waals surface area (Å²) < 4.78 is 0. The molecule has 0 bridgehead atoms. The van der Waals surface area contributed by atoms with Gasteiger partial charge in [0.1, 0.15) is 0 Å². The molecule has 1 aliphatic rings. The summed E-state index contributed by atoms with van der Waals surface area (Å²) in [6.45, 7) is 3.76. The number of benzene rings is 2. The highest BCUT2D eigenvalue weighted by atomic mass is 16.2. The predicted octanol–water partition coefficient (Wildman–Crippen LogP) is 1.78. The number of amides is 4. The Bertz CT molecular complexity index is 954. The van der Waals surface area contributed by atoms with Crippen LogP contribution in [0.1, 0.15) is 50.5 Å². The van der Waals surface area contributed by atoms with Gasteiger partial charge < -0.3 is 10.6 Å². The maximum absolute atomic E-state index is 12.7. The number of fused-ring (bicyclic) bond motifs is 1. The summed E-state index contributed by atoms with van der Waals surface area (Å²) in [5.74, 6) is -1.54. The summed E-state index contributed by atoms with van der Waals surface area (Å²) >= 11 is 0. The van der Waals surface area contributed by atoms with Crippen molar-refractivity contribution in [2.75, 3.05) is 13.1 Å².